The van der Waals surface area contributed by atoms with Crippen LogP contribution in [0.4, 0.5) is 0 Å². The molecule has 0 aliphatic rings. The van der Waals surface area contributed by atoms with Gasteiger partial charge in [-0.3, -0.25) is 0 Å². The number of allylic oxidation sites excluding steroid dienone is 1. The van der Waals surface area contributed by atoms with Gasteiger partial charge < -0.3 is 0 Å². The van der Waals surface area contributed by atoms with Crippen molar-refractivity contribution in [3.8, 4) is 0 Å². The summed E-state index contributed by atoms with van der Waals surface area (Å²) < 4.78 is 0. The van der Waals surface area contributed by atoms with Crippen LogP contribution in [0.5, 0.6) is 0 Å². The minimum atomic E-state index is -1.21. The van der Waals surface area contributed by atoms with E-state index < -0.39 is 8.07 Å². The van der Waals surface area contributed by atoms with Gasteiger partial charge in [-0.25, -0.2) is 0 Å². The summed E-state index contributed by atoms with van der Waals surface area (Å²) in [6.45, 7) is 16.5. The van der Waals surface area contributed by atoms with Gasteiger partial charge in [-0.15, -0.1) is 0 Å². The maximum Gasteiger partial charge on any atom is 0.0849 e. The molecule has 0 heterocycles. The molecule has 0 spiro atoms. The fourth-order valence-electron chi connectivity index (χ4n) is 2.87. The van der Waals surface area contributed by atoms with E-state index in [1.807, 2.05) is 0 Å². The van der Waals surface area contributed by atoms with E-state index in [0.29, 0.717) is 0 Å². The average Bonchev–Trinajstić information content (AvgIpc) is 1.97. The SMILES string of the molecule is C/C=C/[Si](C(C)C)(C(C)C)C(C)C. The highest BCUT2D eigenvalue weighted by atomic mass is 28.3. The topological polar surface area (TPSA) is 0 Å². The molecule has 1 heteroatoms. The molecule has 0 rings (SSSR count). The highest BCUT2D eigenvalue weighted by Gasteiger charge is 2.39. The monoisotopic (exact) mass is 198 g/mol. The van der Waals surface area contributed by atoms with E-state index in [2.05, 4.69) is 60.2 Å². The van der Waals surface area contributed by atoms with Gasteiger partial charge in [0.25, 0.3) is 0 Å². The van der Waals surface area contributed by atoms with Gasteiger partial charge >= 0.3 is 0 Å². The van der Waals surface area contributed by atoms with Crippen molar-refractivity contribution in [2.45, 2.75) is 65.1 Å². The van der Waals surface area contributed by atoms with Gasteiger partial charge in [-0.05, 0) is 23.5 Å². The Morgan fingerprint density at radius 2 is 1.08 bits per heavy atom. The Morgan fingerprint density at radius 3 is 1.15 bits per heavy atom. The molecule has 0 saturated heterocycles. The lowest BCUT2D eigenvalue weighted by molar-refractivity contribution is 0.833. The molecule has 0 nitrogen and oxygen atoms in total. The van der Waals surface area contributed by atoms with Crippen molar-refractivity contribution in [1.29, 1.82) is 0 Å². The van der Waals surface area contributed by atoms with Crippen molar-refractivity contribution in [3.05, 3.63) is 11.8 Å². The second kappa shape index (κ2) is 4.99. The number of hydrogen-bond donors (Lipinski definition) is 0. The van der Waals surface area contributed by atoms with Crippen molar-refractivity contribution in [2.75, 3.05) is 0 Å². The van der Waals surface area contributed by atoms with Crippen LogP contribution in [-0.2, 0) is 0 Å². The van der Waals surface area contributed by atoms with Crippen LogP contribution in [0.2, 0.25) is 16.6 Å². The predicted molar refractivity (Wildman–Crippen MR) is 65.9 cm³/mol. The van der Waals surface area contributed by atoms with E-state index in [1.54, 1.807) is 0 Å². The summed E-state index contributed by atoms with van der Waals surface area (Å²) in [5.74, 6) is 0. The molecule has 0 aromatic carbocycles. The van der Waals surface area contributed by atoms with Crippen LogP contribution in [0, 0.1) is 0 Å². The molecule has 0 N–H and O–H groups in total. The Bertz CT molecular complexity index is 144. The summed E-state index contributed by atoms with van der Waals surface area (Å²) in [5.41, 5.74) is 5.10. The Hall–Kier alpha value is -0.0431. The van der Waals surface area contributed by atoms with Crippen LogP contribution < -0.4 is 0 Å². The largest absolute Gasteiger partial charge is 0.0977 e. The van der Waals surface area contributed by atoms with Crippen LogP contribution in [0.3, 0.4) is 0 Å². The summed E-state index contributed by atoms with van der Waals surface area (Å²) in [6, 6.07) is 0. The quantitative estimate of drug-likeness (QED) is 0.570. The molecule has 13 heavy (non-hydrogen) atoms. The maximum absolute atomic E-state index is 2.55. The number of hydrogen-bond acceptors (Lipinski definition) is 0. The molecule has 0 amide bonds. The molecule has 0 bridgehead atoms. The van der Waals surface area contributed by atoms with Gasteiger partial charge in [-0.1, -0.05) is 53.3 Å². The van der Waals surface area contributed by atoms with E-state index in [-0.39, 0.29) is 0 Å². The van der Waals surface area contributed by atoms with Crippen LogP contribution in [0.1, 0.15) is 48.5 Å². The van der Waals surface area contributed by atoms with E-state index in [9.17, 15) is 0 Å². The first kappa shape index (κ1) is 13.0. The zero-order valence-corrected chi connectivity index (χ0v) is 11.4. The second-order valence-electron chi connectivity index (χ2n) is 4.96. The molecule has 0 saturated carbocycles. The standard InChI is InChI=1S/C12H26Si/c1-8-9-13(10(2)3,11(4)5)12(6)7/h8-12H,1-7H3/b9-8+. The molecule has 0 aliphatic carbocycles. The first-order valence-corrected chi connectivity index (χ1v) is 7.84. The van der Waals surface area contributed by atoms with E-state index in [0.717, 1.165) is 16.6 Å². The molecule has 0 aromatic rings. The highest BCUT2D eigenvalue weighted by Crippen LogP contribution is 2.42. The van der Waals surface area contributed by atoms with Crippen molar-refractivity contribution < 1.29 is 0 Å². The molecular formula is C12H26Si. The zero-order chi connectivity index (χ0) is 10.6. The smallest absolute Gasteiger partial charge is 0.0849 e. The van der Waals surface area contributed by atoms with Crippen molar-refractivity contribution in [3.63, 3.8) is 0 Å². The van der Waals surface area contributed by atoms with E-state index >= 15 is 0 Å². The lowest BCUT2D eigenvalue weighted by Crippen LogP contribution is -2.42. The predicted octanol–water partition coefficient (Wildman–Crippen LogP) is 4.78. The Labute approximate surface area is 85.4 Å². The Kier molecular flexibility index (Phi) is 4.98. The van der Waals surface area contributed by atoms with Gasteiger partial charge in [0, 0.05) is 0 Å². The maximum atomic E-state index is 2.55. The van der Waals surface area contributed by atoms with E-state index in [4.69, 9.17) is 0 Å². The third-order valence-corrected chi connectivity index (χ3v) is 10.4. The highest BCUT2D eigenvalue weighted by molar-refractivity contribution is 6.87. The summed E-state index contributed by atoms with van der Waals surface area (Å²) in [7, 11) is -1.21. The summed E-state index contributed by atoms with van der Waals surface area (Å²) in [5, 5.41) is 0. The first-order valence-electron chi connectivity index (χ1n) is 5.53. The first-order chi connectivity index (χ1) is 5.89. The summed E-state index contributed by atoms with van der Waals surface area (Å²) in [6.07, 6.45) is 2.27. The minimum Gasteiger partial charge on any atom is -0.0977 e. The molecule has 0 unspecified atom stereocenters. The lowest BCUT2D eigenvalue weighted by Gasteiger charge is -2.40. The van der Waals surface area contributed by atoms with Gasteiger partial charge in [-0.2, -0.15) is 0 Å². The molecular weight excluding hydrogens is 172 g/mol. The lowest BCUT2D eigenvalue weighted by atomic mass is 10.5. The van der Waals surface area contributed by atoms with Crippen LogP contribution in [0.15, 0.2) is 11.8 Å². The van der Waals surface area contributed by atoms with Gasteiger partial charge in [0.1, 0.15) is 0 Å². The third-order valence-electron chi connectivity index (χ3n) is 3.46. The van der Waals surface area contributed by atoms with Crippen molar-refractivity contribution in [2.24, 2.45) is 0 Å². The Morgan fingerprint density at radius 1 is 0.769 bits per heavy atom. The fourth-order valence-corrected chi connectivity index (χ4v) is 8.60. The zero-order valence-electron chi connectivity index (χ0n) is 10.4. The molecule has 0 aliphatic heterocycles. The van der Waals surface area contributed by atoms with Gasteiger partial charge in [0.15, 0.2) is 0 Å². The van der Waals surface area contributed by atoms with E-state index in [1.165, 1.54) is 0 Å². The second-order valence-corrected chi connectivity index (χ2v) is 10.8. The van der Waals surface area contributed by atoms with Crippen LogP contribution in [0.25, 0.3) is 0 Å². The van der Waals surface area contributed by atoms with Gasteiger partial charge in [0.05, 0.1) is 8.07 Å². The minimum absolute atomic E-state index is 0.851. The average molecular weight is 198 g/mol. The van der Waals surface area contributed by atoms with Crippen molar-refractivity contribution >= 4 is 8.07 Å². The van der Waals surface area contributed by atoms with Crippen LogP contribution >= 0.6 is 0 Å². The molecule has 0 atom stereocenters. The fraction of sp³-hybridized carbons (Fsp3) is 0.833. The summed E-state index contributed by atoms with van der Waals surface area (Å²) >= 11 is 0. The number of rotatable bonds is 4. The molecule has 0 aromatic heterocycles. The van der Waals surface area contributed by atoms with Gasteiger partial charge in [0.2, 0.25) is 0 Å². The van der Waals surface area contributed by atoms with Crippen molar-refractivity contribution in [1.82, 2.24) is 0 Å². The molecule has 0 fully saturated rings. The normalized spacial score (nSPS) is 14.0. The Balaban J connectivity index is 5.05. The third kappa shape index (κ3) is 2.46. The molecule has 78 valence electrons. The van der Waals surface area contributed by atoms with Crippen LogP contribution in [-0.4, -0.2) is 8.07 Å². The molecule has 0 radical (unpaired) electrons. The summed E-state index contributed by atoms with van der Waals surface area (Å²) in [4.78, 5) is 0.